The first-order valence-electron chi connectivity index (χ1n) is 17.9. The number of rotatable bonds is 18. The fourth-order valence-electron chi connectivity index (χ4n) is 8.69. The molecule has 0 bridgehead atoms. The zero-order valence-electron chi connectivity index (χ0n) is 28.5. The molecule has 0 spiro atoms. The summed E-state index contributed by atoms with van der Waals surface area (Å²) in [4.78, 5) is 0. The SMILES string of the molecule is CC[Si](CC[N+]1(C)CCCC1)(CC[N+]1(C)CCCC1)O[Si]O[Si](CC)(CC[N+]1(C)CCCC1)CC[N+]1(C)CCCC1. The standard InChI is InChI=1S/C32H70N4O2Si3/c1-7-40(29-25-33(3)17-9-10-18-33,30-26-34(4)19-11-12-20-34)37-39-38-41(8-2,31-27-35(5)21-13-14-22-35)32-28-36(6)23-15-16-24-36/h7-32H2,1-6H3/q+4. The lowest BCUT2D eigenvalue weighted by Gasteiger charge is -2.40. The molecule has 4 aliphatic heterocycles. The lowest BCUT2D eigenvalue weighted by molar-refractivity contribution is -0.896. The molecule has 0 aromatic heterocycles. The Morgan fingerprint density at radius 3 is 0.854 bits per heavy atom. The molecule has 238 valence electrons. The van der Waals surface area contributed by atoms with Gasteiger partial charge in [-0.15, -0.1) is 0 Å². The van der Waals surface area contributed by atoms with Crippen LogP contribution in [0.15, 0.2) is 0 Å². The van der Waals surface area contributed by atoms with Crippen LogP contribution in [0, 0.1) is 0 Å². The molecule has 0 unspecified atom stereocenters. The molecule has 0 aliphatic carbocycles. The van der Waals surface area contributed by atoms with Crippen molar-refractivity contribution < 1.29 is 26.2 Å². The fourth-order valence-corrected chi connectivity index (χ4v) is 19.1. The molecule has 0 N–H and O–H groups in total. The molecule has 4 aliphatic rings. The monoisotopic (exact) mass is 626 g/mol. The van der Waals surface area contributed by atoms with Crippen molar-refractivity contribution in [2.45, 2.75) is 101 Å². The number of nitrogens with zero attached hydrogens (tertiary/aromatic N) is 4. The molecule has 9 heteroatoms. The lowest BCUT2D eigenvalue weighted by Crippen LogP contribution is -2.54. The maximum absolute atomic E-state index is 7.29. The Labute approximate surface area is 260 Å². The summed E-state index contributed by atoms with van der Waals surface area (Å²) in [6.07, 6.45) is 11.3. The number of hydrogen-bond acceptors (Lipinski definition) is 2. The van der Waals surface area contributed by atoms with Crippen molar-refractivity contribution in [1.82, 2.24) is 0 Å². The molecule has 4 saturated heterocycles. The van der Waals surface area contributed by atoms with Crippen LogP contribution in [0.3, 0.4) is 0 Å². The van der Waals surface area contributed by atoms with E-state index in [0.29, 0.717) is 0 Å². The molecule has 2 radical (unpaired) electrons. The van der Waals surface area contributed by atoms with Crippen molar-refractivity contribution in [3.8, 4) is 0 Å². The molecule has 4 fully saturated rings. The Kier molecular flexibility index (Phi) is 12.3. The van der Waals surface area contributed by atoms with Gasteiger partial charge in [-0.25, -0.2) is 0 Å². The summed E-state index contributed by atoms with van der Waals surface area (Å²) in [7, 11) is 6.64. The van der Waals surface area contributed by atoms with E-state index in [-0.39, 0.29) is 10.0 Å². The van der Waals surface area contributed by atoms with E-state index in [1.807, 2.05) is 0 Å². The first kappa shape index (κ1) is 34.3. The van der Waals surface area contributed by atoms with Crippen molar-refractivity contribution in [1.29, 1.82) is 0 Å². The minimum atomic E-state index is -1.87. The highest BCUT2D eigenvalue weighted by Gasteiger charge is 2.44. The zero-order chi connectivity index (χ0) is 29.5. The molecule has 0 saturated carbocycles. The van der Waals surface area contributed by atoms with Gasteiger partial charge in [0.15, 0.2) is 16.6 Å². The van der Waals surface area contributed by atoms with E-state index in [1.165, 1.54) is 184 Å². The Bertz CT molecular complexity index is 676. The Hall–Kier alpha value is 0.411. The maximum Gasteiger partial charge on any atom is 0.410 e. The van der Waals surface area contributed by atoms with E-state index in [0.717, 1.165) is 0 Å². The van der Waals surface area contributed by atoms with Gasteiger partial charge in [0, 0.05) is 75.5 Å². The second-order valence-corrected chi connectivity index (χ2v) is 26.3. The summed E-state index contributed by atoms with van der Waals surface area (Å²) in [6, 6.07) is 7.85. The summed E-state index contributed by atoms with van der Waals surface area (Å²) in [5, 5.41) is 0. The van der Waals surface area contributed by atoms with Gasteiger partial charge in [-0.2, -0.15) is 0 Å². The quantitative estimate of drug-likeness (QED) is 0.149. The average Bonchev–Trinajstić information content (AvgIpc) is 3.78. The van der Waals surface area contributed by atoms with Gasteiger partial charge in [-0.05, 0) is 12.1 Å². The third-order valence-electron chi connectivity index (χ3n) is 12.8. The Morgan fingerprint density at radius 2 is 0.659 bits per heavy atom. The van der Waals surface area contributed by atoms with Crippen molar-refractivity contribution >= 4 is 26.6 Å². The molecule has 0 atom stereocenters. The largest absolute Gasteiger partial charge is 0.434 e. The molecular formula is C32H70N4O2Si3+4. The van der Waals surface area contributed by atoms with Gasteiger partial charge in [0.2, 0.25) is 0 Å². The third-order valence-corrected chi connectivity index (χ3v) is 24.1. The van der Waals surface area contributed by atoms with Crippen LogP contribution in [0.25, 0.3) is 0 Å². The van der Waals surface area contributed by atoms with Crippen molar-refractivity contribution in [2.24, 2.45) is 0 Å². The van der Waals surface area contributed by atoms with Gasteiger partial charge in [0.1, 0.15) is 0 Å². The van der Waals surface area contributed by atoms with E-state index in [1.54, 1.807) is 0 Å². The Morgan fingerprint density at radius 1 is 0.439 bits per heavy atom. The second kappa shape index (κ2) is 14.7. The molecule has 4 heterocycles. The highest BCUT2D eigenvalue weighted by atomic mass is 28.4. The first-order chi connectivity index (χ1) is 19.5. The van der Waals surface area contributed by atoms with Crippen LogP contribution in [0.1, 0.15) is 65.2 Å². The second-order valence-electron chi connectivity index (χ2n) is 16.4. The average molecular weight is 627 g/mol. The Balaban J connectivity index is 1.44. The summed E-state index contributed by atoms with van der Waals surface area (Å²) < 4.78 is 19.7. The summed E-state index contributed by atoms with van der Waals surface area (Å²) >= 11 is 0. The van der Waals surface area contributed by atoms with Crippen LogP contribution < -0.4 is 0 Å². The van der Waals surface area contributed by atoms with Crippen LogP contribution in [0.2, 0.25) is 36.3 Å². The highest BCUT2D eigenvalue weighted by Crippen LogP contribution is 2.32. The molecule has 0 aromatic rings. The van der Waals surface area contributed by atoms with Gasteiger partial charge in [0.25, 0.3) is 0 Å². The number of likely N-dealkylation sites (tertiary alicyclic amines) is 4. The van der Waals surface area contributed by atoms with Gasteiger partial charge in [-0.3, -0.25) is 0 Å². The predicted octanol–water partition coefficient (Wildman–Crippen LogP) is 5.45. The van der Waals surface area contributed by atoms with Crippen LogP contribution in [0.5, 0.6) is 0 Å². The minimum Gasteiger partial charge on any atom is -0.434 e. The molecular weight excluding hydrogens is 557 g/mol. The van der Waals surface area contributed by atoms with Gasteiger partial charge in [0.05, 0.1) is 107 Å². The summed E-state index contributed by atoms with van der Waals surface area (Å²) in [5.41, 5.74) is 0. The first-order valence-corrected chi connectivity index (χ1v) is 23.8. The molecule has 4 rings (SSSR count). The normalized spacial score (nSPS) is 25.3. The fraction of sp³-hybridized carbons (Fsp3) is 1.00. The number of quaternary nitrogens is 4. The van der Waals surface area contributed by atoms with E-state index >= 15 is 0 Å². The van der Waals surface area contributed by atoms with E-state index in [2.05, 4.69) is 42.0 Å². The molecule has 41 heavy (non-hydrogen) atoms. The van der Waals surface area contributed by atoms with Gasteiger partial charge >= 0.3 is 10.0 Å². The van der Waals surface area contributed by atoms with E-state index in [9.17, 15) is 0 Å². The number of hydrogen-bond donors (Lipinski definition) is 0. The van der Waals surface area contributed by atoms with E-state index in [4.69, 9.17) is 8.23 Å². The van der Waals surface area contributed by atoms with Crippen LogP contribution in [0.4, 0.5) is 0 Å². The van der Waals surface area contributed by atoms with Crippen molar-refractivity contribution in [2.75, 3.05) is 107 Å². The predicted molar refractivity (Wildman–Crippen MR) is 180 cm³/mol. The third kappa shape index (κ3) is 9.70. The lowest BCUT2D eigenvalue weighted by atomic mass is 10.4. The molecule has 6 nitrogen and oxygen atoms in total. The van der Waals surface area contributed by atoms with E-state index < -0.39 is 16.6 Å². The maximum atomic E-state index is 7.29. The molecule has 0 amide bonds. The van der Waals surface area contributed by atoms with Gasteiger partial charge < -0.3 is 26.2 Å². The van der Waals surface area contributed by atoms with Crippen LogP contribution >= 0.6 is 0 Å². The van der Waals surface area contributed by atoms with Crippen LogP contribution in [-0.4, -0.2) is 151 Å². The zero-order valence-corrected chi connectivity index (χ0v) is 31.5. The van der Waals surface area contributed by atoms with Gasteiger partial charge in [-0.1, -0.05) is 13.8 Å². The van der Waals surface area contributed by atoms with Crippen molar-refractivity contribution in [3.63, 3.8) is 0 Å². The van der Waals surface area contributed by atoms with Crippen LogP contribution in [-0.2, 0) is 8.23 Å². The highest BCUT2D eigenvalue weighted by molar-refractivity contribution is 6.80. The minimum absolute atomic E-state index is 0.285. The summed E-state index contributed by atoms with van der Waals surface area (Å²) in [5.74, 6) is 0. The topological polar surface area (TPSA) is 18.5 Å². The smallest absolute Gasteiger partial charge is 0.410 e. The van der Waals surface area contributed by atoms with Crippen molar-refractivity contribution in [3.05, 3.63) is 0 Å². The summed E-state index contributed by atoms with van der Waals surface area (Å²) in [6.45, 7) is 21.3. The molecule has 0 aromatic carbocycles.